The zero-order valence-electron chi connectivity index (χ0n) is 15.7. The molecule has 2 aromatic carbocycles. The Labute approximate surface area is 159 Å². The van der Waals surface area contributed by atoms with Crippen molar-refractivity contribution in [2.75, 3.05) is 30.3 Å². The average Bonchev–Trinajstić information content (AvgIpc) is 2.66. The highest BCUT2D eigenvalue weighted by atomic mass is 16.5. The minimum Gasteiger partial charge on any atom is -0.487 e. The third-order valence-electron chi connectivity index (χ3n) is 3.55. The number of carbonyl (C=O) groups excluding carboxylic acids is 2. The van der Waals surface area contributed by atoms with Gasteiger partial charge in [-0.1, -0.05) is 24.8 Å². The van der Waals surface area contributed by atoms with Crippen molar-refractivity contribution in [2.45, 2.75) is 13.8 Å². The van der Waals surface area contributed by atoms with Crippen LogP contribution in [0, 0.1) is 0 Å². The lowest BCUT2D eigenvalue weighted by molar-refractivity contribution is -0.114. The van der Waals surface area contributed by atoms with Crippen LogP contribution in [-0.2, 0) is 4.79 Å². The predicted molar refractivity (Wildman–Crippen MR) is 108 cm³/mol. The fourth-order valence-corrected chi connectivity index (χ4v) is 2.31. The van der Waals surface area contributed by atoms with Crippen LogP contribution in [0.4, 0.5) is 11.4 Å². The molecule has 0 saturated heterocycles. The van der Waals surface area contributed by atoms with E-state index in [2.05, 4.69) is 22.5 Å². The lowest BCUT2D eigenvalue weighted by Crippen LogP contribution is -2.24. The molecule has 0 aromatic heterocycles. The monoisotopic (exact) mass is 367 g/mol. The molecule has 0 unspecified atom stereocenters. The molecule has 0 atom stereocenters. The molecule has 0 saturated carbocycles. The minimum atomic E-state index is -0.218. The van der Waals surface area contributed by atoms with Crippen molar-refractivity contribution in [3.63, 3.8) is 0 Å². The van der Waals surface area contributed by atoms with E-state index in [1.165, 1.54) is 0 Å². The third-order valence-corrected chi connectivity index (χ3v) is 3.55. The molecule has 2 aromatic rings. The summed E-state index contributed by atoms with van der Waals surface area (Å²) in [5.41, 5.74) is 2.73. The number of carbonyl (C=O) groups is 2. The Morgan fingerprint density at radius 2 is 1.89 bits per heavy atom. The van der Waals surface area contributed by atoms with Gasteiger partial charge in [0.2, 0.25) is 5.91 Å². The number of benzene rings is 2. The van der Waals surface area contributed by atoms with E-state index in [0.717, 1.165) is 5.57 Å². The number of nitrogens with one attached hydrogen (secondary N) is 3. The summed E-state index contributed by atoms with van der Waals surface area (Å²) in [6.45, 7) is 8.55. The molecule has 6 nitrogen and oxygen atoms in total. The van der Waals surface area contributed by atoms with E-state index in [-0.39, 0.29) is 18.4 Å². The van der Waals surface area contributed by atoms with Gasteiger partial charge in [-0.15, -0.1) is 0 Å². The second-order valence-electron chi connectivity index (χ2n) is 6.08. The fraction of sp³-hybridized carbons (Fsp3) is 0.238. The Morgan fingerprint density at radius 3 is 2.63 bits per heavy atom. The van der Waals surface area contributed by atoms with Crippen LogP contribution in [-0.4, -0.2) is 31.5 Å². The quantitative estimate of drug-likeness (QED) is 0.593. The first-order valence-electron chi connectivity index (χ1n) is 8.77. The standard InChI is InChI=1S/C21H25N3O3/c1-4-22-21(26)16-8-7-9-17(12-16)23-13-20(25)24-18-10-5-6-11-19(18)27-14-15(2)3/h5-12,23H,2,4,13-14H2,1,3H3,(H,22,26)(H,24,25). The first kappa shape index (κ1) is 20.0. The second-order valence-corrected chi connectivity index (χ2v) is 6.08. The van der Waals surface area contributed by atoms with Crippen molar-refractivity contribution >= 4 is 23.2 Å². The van der Waals surface area contributed by atoms with Gasteiger partial charge in [-0.2, -0.15) is 0 Å². The van der Waals surface area contributed by atoms with Crippen molar-refractivity contribution in [1.82, 2.24) is 5.32 Å². The molecule has 2 amide bonds. The van der Waals surface area contributed by atoms with Crippen LogP contribution >= 0.6 is 0 Å². The fourth-order valence-electron chi connectivity index (χ4n) is 2.31. The summed E-state index contributed by atoms with van der Waals surface area (Å²) in [5, 5.41) is 8.60. The van der Waals surface area contributed by atoms with Crippen LogP contribution in [0.1, 0.15) is 24.2 Å². The Balaban J connectivity index is 1.94. The summed E-state index contributed by atoms with van der Waals surface area (Å²) in [6, 6.07) is 14.3. The van der Waals surface area contributed by atoms with Crippen molar-refractivity contribution < 1.29 is 14.3 Å². The van der Waals surface area contributed by atoms with Crippen LogP contribution in [0.25, 0.3) is 0 Å². The Bertz CT molecular complexity index is 818. The van der Waals surface area contributed by atoms with Crippen LogP contribution in [0.3, 0.4) is 0 Å². The van der Waals surface area contributed by atoms with Crippen LogP contribution in [0.5, 0.6) is 5.75 Å². The average molecular weight is 367 g/mol. The van der Waals surface area contributed by atoms with E-state index < -0.39 is 0 Å². The lowest BCUT2D eigenvalue weighted by Gasteiger charge is -2.13. The van der Waals surface area contributed by atoms with Gasteiger partial charge in [0.05, 0.1) is 12.2 Å². The lowest BCUT2D eigenvalue weighted by atomic mass is 10.2. The van der Waals surface area contributed by atoms with E-state index >= 15 is 0 Å². The summed E-state index contributed by atoms with van der Waals surface area (Å²) >= 11 is 0. The Kier molecular flexibility index (Phi) is 7.43. The van der Waals surface area contributed by atoms with Gasteiger partial charge in [-0.3, -0.25) is 9.59 Å². The molecule has 2 rings (SSSR count). The van der Waals surface area contributed by atoms with Crippen molar-refractivity contribution in [3.8, 4) is 5.75 Å². The number of para-hydroxylation sites is 2. The molecule has 142 valence electrons. The number of hydrogen-bond donors (Lipinski definition) is 3. The number of hydrogen-bond acceptors (Lipinski definition) is 4. The highest BCUT2D eigenvalue weighted by Crippen LogP contribution is 2.24. The molecule has 0 spiro atoms. The first-order chi connectivity index (χ1) is 13.0. The largest absolute Gasteiger partial charge is 0.487 e. The molecule has 0 aliphatic rings. The molecule has 27 heavy (non-hydrogen) atoms. The molecular formula is C21H25N3O3. The van der Waals surface area contributed by atoms with Gasteiger partial charge in [0.1, 0.15) is 12.4 Å². The van der Waals surface area contributed by atoms with Gasteiger partial charge in [0.15, 0.2) is 0 Å². The summed E-state index contributed by atoms with van der Waals surface area (Å²) in [5.74, 6) is 0.228. The normalized spacial score (nSPS) is 10.0. The highest BCUT2D eigenvalue weighted by molar-refractivity contribution is 5.96. The van der Waals surface area contributed by atoms with Gasteiger partial charge in [-0.25, -0.2) is 0 Å². The van der Waals surface area contributed by atoms with Crippen LogP contribution in [0.2, 0.25) is 0 Å². The Morgan fingerprint density at radius 1 is 1.11 bits per heavy atom. The van der Waals surface area contributed by atoms with Gasteiger partial charge in [0.25, 0.3) is 5.91 Å². The van der Waals surface area contributed by atoms with Gasteiger partial charge < -0.3 is 20.7 Å². The molecule has 3 N–H and O–H groups in total. The number of ether oxygens (including phenoxy) is 1. The van der Waals surface area contributed by atoms with E-state index in [1.54, 1.807) is 36.4 Å². The molecular weight excluding hydrogens is 342 g/mol. The summed E-state index contributed by atoms with van der Waals surface area (Å²) in [4.78, 5) is 24.2. The molecule has 6 heteroatoms. The zero-order valence-corrected chi connectivity index (χ0v) is 15.7. The van der Waals surface area contributed by atoms with E-state index in [4.69, 9.17) is 4.74 Å². The van der Waals surface area contributed by atoms with E-state index in [9.17, 15) is 9.59 Å². The van der Waals surface area contributed by atoms with E-state index in [0.29, 0.717) is 35.8 Å². The first-order valence-corrected chi connectivity index (χ1v) is 8.77. The third kappa shape index (κ3) is 6.51. The molecule has 0 heterocycles. The highest BCUT2D eigenvalue weighted by Gasteiger charge is 2.09. The number of rotatable bonds is 9. The van der Waals surface area contributed by atoms with Crippen LogP contribution in [0.15, 0.2) is 60.7 Å². The zero-order chi connectivity index (χ0) is 19.6. The maximum absolute atomic E-state index is 12.3. The number of amides is 2. The predicted octanol–water partition coefficient (Wildman–Crippen LogP) is 3.44. The molecule has 0 aliphatic carbocycles. The maximum Gasteiger partial charge on any atom is 0.251 e. The van der Waals surface area contributed by atoms with Crippen LogP contribution < -0.4 is 20.7 Å². The molecule has 0 radical (unpaired) electrons. The molecule has 0 aliphatic heterocycles. The summed E-state index contributed by atoms with van der Waals surface area (Å²) < 4.78 is 5.65. The Hall–Kier alpha value is -3.28. The molecule has 0 fully saturated rings. The second kappa shape index (κ2) is 10.0. The van der Waals surface area contributed by atoms with Gasteiger partial charge in [0, 0.05) is 17.8 Å². The van der Waals surface area contributed by atoms with E-state index in [1.807, 2.05) is 26.0 Å². The maximum atomic E-state index is 12.3. The van der Waals surface area contributed by atoms with Crippen molar-refractivity contribution in [3.05, 3.63) is 66.2 Å². The topological polar surface area (TPSA) is 79.5 Å². The van der Waals surface area contributed by atoms with Gasteiger partial charge >= 0.3 is 0 Å². The smallest absolute Gasteiger partial charge is 0.251 e. The van der Waals surface area contributed by atoms with Gasteiger partial charge in [-0.05, 0) is 49.8 Å². The van der Waals surface area contributed by atoms with Crippen molar-refractivity contribution in [1.29, 1.82) is 0 Å². The minimum absolute atomic E-state index is 0.0632. The number of anilines is 2. The molecule has 0 bridgehead atoms. The SMILES string of the molecule is C=C(C)COc1ccccc1NC(=O)CNc1cccc(C(=O)NCC)c1. The summed E-state index contributed by atoms with van der Waals surface area (Å²) in [7, 11) is 0. The summed E-state index contributed by atoms with van der Waals surface area (Å²) in [6.07, 6.45) is 0. The van der Waals surface area contributed by atoms with Crippen molar-refractivity contribution in [2.24, 2.45) is 0 Å².